The monoisotopic (exact) mass is 244 g/mol. The highest BCUT2D eigenvalue weighted by molar-refractivity contribution is 5.64. The van der Waals surface area contributed by atoms with Crippen molar-refractivity contribution in [2.24, 2.45) is 0 Å². The van der Waals surface area contributed by atoms with Gasteiger partial charge in [0.1, 0.15) is 0 Å². The average Bonchev–Trinajstić information content (AvgIpc) is 2.31. The van der Waals surface area contributed by atoms with Gasteiger partial charge in [0, 0.05) is 13.1 Å². The van der Waals surface area contributed by atoms with Crippen LogP contribution in [-0.2, 0) is 0 Å². The number of nitrogens with one attached hydrogen (secondary N) is 3. The maximum absolute atomic E-state index is 10.9. The number of carboxylic acid groups (broad SMARTS) is 1. The number of hydrogen-bond donors (Lipinski definition) is 4. The van der Waals surface area contributed by atoms with Crippen LogP contribution in [0.4, 0.5) is 4.79 Å². The first kappa shape index (κ1) is 14.2. The Hall–Kier alpha value is -0.850. The Balaban J connectivity index is 2.26. The Morgan fingerprint density at radius 2 is 1.53 bits per heavy atom. The molecule has 0 atom stereocenters. The minimum Gasteiger partial charge on any atom is -0.464 e. The molecule has 1 fully saturated rings. The van der Waals surface area contributed by atoms with Gasteiger partial charge < -0.3 is 5.11 Å². The number of carbonyl (C=O) groups is 1. The summed E-state index contributed by atoms with van der Waals surface area (Å²) in [6.45, 7) is 1.37. The third-order valence-corrected chi connectivity index (χ3v) is 2.94. The first-order valence-electron chi connectivity index (χ1n) is 6.54. The predicted octanol–water partition coefficient (Wildman–Crippen LogP) is 1.61. The van der Waals surface area contributed by atoms with Crippen molar-refractivity contribution in [2.45, 2.75) is 51.4 Å². The molecule has 0 radical (unpaired) electrons. The van der Waals surface area contributed by atoms with Gasteiger partial charge in [-0.15, -0.1) is 0 Å². The van der Waals surface area contributed by atoms with Crippen molar-refractivity contribution in [2.75, 3.05) is 13.1 Å². The summed E-state index contributed by atoms with van der Waals surface area (Å²) >= 11 is 0. The Kier molecular flexibility index (Phi) is 7.70. The van der Waals surface area contributed by atoms with Gasteiger partial charge in [-0.3, -0.25) is 0 Å². The van der Waals surface area contributed by atoms with E-state index in [-0.39, 0.29) is 0 Å². The van der Waals surface area contributed by atoms with Crippen molar-refractivity contribution in [1.82, 2.24) is 21.5 Å². The lowest BCUT2D eigenvalue weighted by Crippen LogP contribution is -2.55. The smallest absolute Gasteiger partial charge is 0.422 e. The minimum atomic E-state index is -0.952. The largest absolute Gasteiger partial charge is 0.464 e. The van der Waals surface area contributed by atoms with Crippen LogP contribution in [0.3, 0.4) is 0 Å². The highest BCUT2D eigenvalue weighted by atomic mass is 16.4. The molecule has 0 aromatic heterocycles. The lowest BCUT2D eigenvalue weighted by Gasteiger charge is -2.21. The van der Waals surface area contributed by atoms with Crippen LogP contribution in [0.25, 0.3) is 0 Å². The third-order valence-electron chi connectivity index (χ3n) is 2.94. The zero-order chi connectivity index (χ0) is 12.3. The predicted molar refractivity (Wildman–Crippen MR) is 65.9 cm³/mol. The number of amides is 1. The molecule has 1 aliphatic rings. The van der Waals surface area contributed by atoms with Gasteiger partial charge in [-0.1, -0.05) is 38.5 Å². The molecule has 0 spiro atoms. The quantitative estimate of drug-likeness (QED) is 0.521. The first-order valence-corrected chi connectivity index (χ1v) is 6.54. The summed E-state index contributed by atoms with van der Waals surface area (Å²) in [6.07, 6.45) is 8.47. The number of rotatable bonds is 0. The molecule has 100 valence electrons. The minimum absolute atomic E-state index is 0.518. The molecule has 6 nitrogen and oxygen atoms in total. The second-order valence-electron chi connectivity index (χ2n) is 4.43. The van der Waals surface area contributed by atoms with Gasteiger partial charge in [-0.2, -0.15) is 11.1 Å². The second-order valence-corrected chi connectivity index (χ2v) is 4.43. The van der Waals surface area contributed by atoms with Crippen LogP contribution < -0.4 is 16.5 Å². The van der Waals surface area contributed by atoms with E-state index >= 15 is 0 Å². The SMILES string of the molecule is O=C(O)N1CCCCCCCCCCNNN1. The molecule has 1 saturated heterocycles. The van der Waals surface area contributed by atoms with Crippen molar-refractivity contribution in [1.29, 1.82) is 0 Å². The molecule has 0 bridgehead atoms. The van der Waals surface area contributed by atoms with Gasteiger partial charge in [-0.05, 0) is 12.8 Å². The second kappa shape index (κ2) is 9.21. The molecular weight excluding hydrogens is 220 g/mol. The molecule has 1 amide bonds. The molecule has 0 unspecified atom stereocenters. The van der Waals surface area contributed by atoms with E-state index < -0.39 is 6.09 Å². The van der Waals surface area contributed by atoms with Crippen molar-refractivity contribution in [3.05, 3.63) is 0 Å². The number of hydrazine groups is 3. The number of nitrogens with zero attached hydrogens (tertiary/aromatic N) is 1. The summed E-state index contributed by atoms with van der Waals surface area (Å²) in [5, 5.41) is 10.1. The van der Waals surface area contributed by atoms with E-state index in [4.69, 9.17) is 5.11 Å². The highest BCUT2D eigenvalue weighted by Crippen LogP contribution is 2.08. The molecule has 0 aromatic carbocycles. The third kappa shape index (κ3) is 7.14. The van der Waals surface area contributed by atoms with E-state index in [2.05, 4.69) is 16.5 Å². The molecule has 1 aliphatic heterocycles. The van der Waals surface area contributed by atoms with E-state index in [1.807, 2.05) is 0 Å². The van der Waals surface area contributed by atoms with Crippen molar-refractivity contribution in [3.8, 4) is 0 Å². The zero-order valence-electron chi connectivity index (χ0n) is 10.4. The topological polar surface area (TPSA) is 76.6 Å². The fourth-order valence-corrected chi connectivity index (χ4v) is 1.91. The molecule has 17 heavy (non-hydrogen) atoms. The molecule has 1 rings (SSSR count). The molecule has 0 aliphatic carbocycles. The van der Waals surface area contributed by atoms with Crippen LogP contribution >= 0.6 is 0 Å². The molecular formula is C11H24N4O2. The van der Waals surface area contributed by atoms with Gasteiger partial charge in [-0.25, -0.2) is 15.2 Å². The Bertz CT molecular complexity index is 200. The number of hydrogen-bond acceptors (Lipinski definition) is 4. The van der Waals surface area contributed by atoms with Crippen molar-refractivity contribution >= 4 is 6.09 Å². The fraction of sp³-hybridized carbons (Fsp3) is 0.909. The van der Waals surface area contributed by atoms with Gasteiger partial charge in [0.15, 0.2) is 0 Å². The van der Waals surface area contributed by atoms with Crippen LogP contribution in [0.15, 0.2) is 0 Å². The Morgan fingerprint density at radius 3 is 2.18 bits per heavy atom. The van der Waals surface area contributed by atoms with Gasteiger partial charge in [0.2, 0.25) is 0 Å². The van der Waals surface area contributed by atoms with Crippen LogP contribution in [0.1, 0.15) is 51.4 Å². The van der Waals surface area contributed by atoms with E-state index in [9.17, 15) is 4.79 Å². The van der Waals surface area contributed by atoms with Crippen LogP contribution in [0.2, 0.25) is 0 Å². The van der Waals surface area contributed by atoms with E-state index in [1.165, 1.54) is 37.1 Å². The molecule has 0 saturated carbocycles. The normalized spacial score (nSPS) is 21.8. The summed E-state index contributed by atoms with van der Waals surface area (Å²) in [4.78, 5) is 10.9. The van der Waals surface area contributed by atoms with Crippen molar-refractivity contribution in [3.63, 3.8) is 0 Å². The van der Waals surface area contributed by atoms with Crippen LogP contribution in [0, 0.1) is 0 Å². The Morgan fingerprint density at radius 1 is 0.941 bits per heavy atom. The molecule has 1 heterocycles. The average molecular weight is 244 g/mol. The van der Waals surface area contributed by atoms with E-state index in [0.717, 1.165) is 25.8 Å². The first-order chi connectivity index (χ1) is 8.30. The lowest BCUT2D eigenvalue weighted by atomic mass is 10.1. The maximum Gasteiger partial charge on any atom is 0.422 e. The van der Waals surface area contributed by atoms with Crippen LogP contribution in [-0.4, -0.2) is 29.3 Å². The van der Waals surface area contributed by atoms with Crippen LogP contribution in [0.5, 0.6) is 0 Å². The summed E-state index contributed by atoms with van der Waals surface area (Å²) in [7, 11) is 0. The summed E-state index contributed by atoms with van der Waals surface area (Å²) < 4.78 is 0. The molecule has 4 N–H and O–H groups in total. The summed E-state index contributed by atoms with van der Waals surface area (Å²) in [5.74, 6) is 0. The molecule has 0 aromatic rings. The fourth-order valence-electron chi connectivity index (χ4n) is 1.91. The van der Waals surface area contributed by atoms with Gasteiger partial charge in [0.05, 0.1) is 0 Å². The molecule has 6 heteroatoms. The van der Waals surface area contributed by atoms with E-state index in [1.54, 1.807) is 0 Å². The highest BCUT2D eigenvalue weighted by Gasteiger charge is 2.09. The Labute approximate surface area is 103 Å². The van der Waals surface area contributed by atoms with Gasteiger partial charge >= 0.3 is 6.09 Å². The summed E-state index contributed by atoms with van der Waals surface area (Å²) in [5.41, 5.74) is 8.32. The summed E-state index contributed by atoms with van der Waals surface area (Å²) in [6, 6.07) is 0. The van der Waals surface area contributed by atoms with Crippen molar-refractivity contribution < 1.29 is 9.90 Å². The maximum atomic E-state index is 10.9. The lowest BCUT2D eigenvalue weighted by molar-refractivity contribution is 0.0983. The zero-order valence-corrected chi connectivity index (χ0v) is 10.4. The van der Waals surface area contributed by atoms with E-state index in [0.29, 0.717) is 6.54 Å². The van der Waals surface area contributed by atoms with Gasteiger partial charge in [0.25, 0.3) is 0 Å². The standard InChI is InChI=1S/C11H24N4O2/c16-11(17)15-10-8-6-4-2-1-3-5-7-9-12-13-14-15/h12-14H,1-10H2,(H,16,17).